The van der Waals surface area contributed by atoms with Gasteiger partial charge in [-0.15, -0.1) is 0 Å². The highest BCUT2D eigenvalue weighted by molar-refractivity contribution is 9.18. The molecule has 21 heavy (non-hydrogen) atoms. The van der Waals surface area contributed by atoms with Gasteiger partial charge in [0.1, 0.15) is 8.20 Å². The van der Waals surface area contributed by atoms with E-state index in [1.807, 2.05) is 0 Å². The van der Waals surface area contributed by atoms with Gasteiger partial charge in [0.15, 0.2) is 10.0 Å². The fourth-order valence-electron chi connectivity index (χ4n) is 2.47. The predicted molar refractivity (Wildman–Crippen MR) is 105 cm³/mol. The second-order valence-corrected chi connectivity index (χ2v) is 11.3. The standard InChI is InChI=1S/C19H30BrP/c1-17(2,3)13-10-14(18(4,5)6)16(21-12-20)15(11-13)19(7,8)9/h10-12H,1-9H3/p+1. The summed E-state index contributed by atoms with van der Waals surface area (Å²) < 4.78 is 2.13. The first kappa shape index (κ1) is 18.9. The maximum atomic E-state index is 3.53. The van der Waals surface area contributed by atoms with Crippen molar-refractivity contribution in [3.8, 4) is 0 Å². The minimum Gasteiger partial charge on any atom is -0.0561 e. The van der Waals surface area contributed by atoms with Crippen LogP contribution in [0.25, 0.3) is 0 Å². The van der Waals surface area contributed by atoms with Crippen molar-refractivity contribution in [1.29, 1.82) is 0 Å². The van der Waals surface area contributed by atoms with E-state index in [2.05, 4.69) is 95.1 Å². The lowest BCUT2D eigenvalue weighted by atomic mass is 9.75. The molecule has 1 aromatic carbocycles. The third-order valence-electron chi connectivity index (χ3n) is 3.82. The zero-order valence-electron chi connectivity index (χ0n) is 15.1. The van der Waals surface area contributed by atoms with Gasteiger partial charge in [0.25, 0.3) is 0 Å². The first-order valence-corrected chi connectivity index (χ1v) is 9.65. The van der Waals surface area contributed by atoms with E-state index >= 15 is 0 Å². The van der Waals surface area contributed by atoms with E-state index in [1.165, 1.54) is 22.0 Å². The summed E-state index contributed by atoms with van der Waals surface area (Å²) in [7, 11) is 0.703. The van der Waals surface area contributed by atoms with Gasteiger partial charge in [-0.25, -0.2) is 0 Å². The second-order valence-electron chi connectivity index (χ2n) is 8.95. The molecule has 118 valence electrons. The van der Waals surface area contributed by atoms with Crippen molar-refractivity contribution < 1.29 is 0 Å². The van der Waals surface area contributed by atoms with Crippen molar-refractivity contribution in [2.45, 2.75) is 78.6 Å². The summed E-state index contributed by atoms with van der Waals surface area (Å²) in [6, 6.07) is 4.88. The molecule has 0 fully saturated rings. The maximum absolute atomic E-state index is 3.53. The van der Waals surface area contributed by atoms with Crippen molar-refractivity contribution in [2.75, 3.05) is 0 Å². The Morgan fingerprint density at radius 3 is 1.38 bits per heavy atom. The van der Waals surface area contributed by atoms with E-state index in [0.717, 1.165) is 0 Å². The number of hydrogen-bond acceptors (Lipinski definition) is 0. The third-order valence-corrected chi connectivity index (χ3v) is 5.44. The van der Waals surface area contributed by atoms with Crippen LogP contribution in [0.4, 0.5) is 0 Å². The van der Waals surface area contributed by atoms with Gasteiger partial charge in [-0.3, -0.25) is 0 Å². The Balaban J connectivity index is 3.84. The summed E-state index contributed by atoms with van der Waals surface area (Å²) >= 11 is 3.53. The first-order chi connectivity index (χ1) is 9.28. The van der Waals surface area contributed by atoms with Crippen LogP contribution in [0.15, 0.2) is 12.1 Å². The summed E-state index contributed by atoms with van der Waals surface area (Å²) in [6.45, 7) is 20.9. The first-order valence-electron chi connectivity index (χ1n) is 7.66. The number of benzene rings is 1. The van der Waals surface area contributed by atoms with Crippen molar-refractivity contribution in [3.05, 3.63) is 28.8 Å². The second kappa shape index (κ2) is 6.17. The van der Waals surface area contributed by atoms with Gasteiger partial charge in [-0.2, -0.15) is 0 Å². The molecule has 0 heterocycles. The smallest absolute Gasteiger partial charge is 0.0561 e. The largest absolute Gasteiger partial charge is 0.154 e. The monoisotopic (exact) mass is 369 g/mol. The predicted octanol–water partition coefficient (Wildman–Crippen LogP) is 6.04. The van der Waals surface area contributed by atoms with Crippen molar-refractivity contribution >= 4 is 34.1 Å². The molecule has 0 spiro atoms. The molecule has 2 heteroatoms. The molecule has 0 radical (unpaired) electrons. The molecule has 0 aromatic heterocycles. The molecule has 0 aliphatic carbocycles. The number of rotatable bonds is 1. The van der Waals surface area contributed by atoms with Crippen LogP contribution in [-0.2, 0) is 16.2 Å². The molecule has 1 atom stereocenters. The van der Waals surface area contributed by atoms with E-state index in [0.29, 0.717) is 8.20 Å². The molecule has 0 aliphatic heterocycles. The van der Waals surface area contributed by atoms with Crippen LogP contribution in [0.3, 0.4) is 0 Å². The van der Waals surface area contributed by atoms with Gasteiger partial charge in [0.05, 0.1) is 0 Å². The van der Waals surface area contributed by atoms with Gasteiger partial charge >= 0.3 is 0 Å². The van der Waals surface area contributed by atoms with Gasteiger partial charge in [0.2, 0.25) is 0 Å². The van der Waals surface area contributed by atoms with E-state index in [1.54, 1.807) is 0 Å². The lowest BCUT2D eigenvalue weighted by Gasteiger charge is -2.30. The van der Waals surface area contributed by atoms with Gasteiger partial charge < -0.3 is 0 Å². The highest BCUT2D eigenvalue weighted by atomic mass is 79.9. The van der Waals surface area contributed by atoms with Crippen molar-refractivity contribution in [2.24, 2.45) is 0 Å². The molecule has 0 amide bonds. The van der Waals surface area contributed by atoms with Crippen LogP contribution < -0.4 is 5.30 Å². The molecule has 0 bridgehead atoms. The van der Waals surface area contributed by atoms with Gasteiger partial charge in [-0.05, 0) is 37.7 Å². The molecule has 0 N–H and O–H groups in total. The Morgan fingerprint density at radius 1 is 0.762 bits per heavy atom. The molecule has 0 saturated carbocycles. The van der Waals surface area contributed by atoms with Gasteiger partial charge in [0, 0.05) is 11.1 Å². The average molecular weight is 370 g/mol. The normalized spacial score (nSPS) is 14.0. The van der Waals surface area contributed by atoms with Crippen LogP contribution >= 0.6 is 24.1 Å². The lowest BCUT2D eigenvalue weighted by Crippen LogP contribution is -2.29. The van der Waals surface area contributed by atoms with E-state index < -0.39 is 0 Å². The molecule has 0 saturated heterocycles. The Labute approximate surface area is 141 Å². The topological polar surface area (TPSA) is 0 Å². The fourth-order valence-corrected chi connectivity index (χ4v) is 4.47. The van der Waals surface area contributed by atoms with Crippen LogP contribution in [0.5, 0.6) is 0 Å². The Morgan fingerprint density at radius 2 is 1.14 bits per heavy atom. The summed E-state index contributed by atoms with van der Waals surface area (Å²) in [6.07, 6.45) is 0. The highest BCUT2D eigenvalue weighted by Gasteiger charge is 2.31. The van der Waals surface area contributed by atoms with Gasteiger partial charge in [-0.1, -0.05) is 74.4 Å². The zero-order chi connectivity index (χ0) is 16.6. The molecule has 1 aromatic rings. The van der Waals surface area contributed by atoms with Crippen LogP contribution in [0.2, 0.25) is 0 Å². The average Bonchev–Trinajstić information content (AvgIpc) is 2.24. The Hall–Kier alpha value is -0.130. The number of hydrogen-bond donors (Lipinski definition) is 0. The van der Waals surface area contributed by atoms with E-state index in [4.69, 9.17) is 0 Å². The van der Waals surface area contributed by atoms with Crippen LogP contribution in [0, 0.1) is 0 Å². The minimum absolute atomic E-state index is 0.166. The summed E-state index contributed by atoms with van der Waals surface area (Å²) in [5.74, 6) is 0. The lowest BCUT2D eigenvalue weighted by molar-refractivity contribution is 0.554. The molecule has 1 rings (SSSR count). The van der Waals surface area contributed by atoms with Crippen LogP contribution in [-0.4, -0.2) is 4.71 Å². The van der Waals surface area contributed by atoms with E-state index in [-0.39, 0.29) is 16.2 Å². The molecule has 0 aliphatic rings. The van der Waals surface area contributed by atoms with Crippen molar-refractivity contribution in [1.82, 2.24) is 0 Å². The molecule has 1 unspecified atom stereocenters. The fraction of sp³-hybridized carbons (Fsp3) is 0.632. The summed E-state index contributed by atoms with van der Waals surface area (Å²) in [5.41, 5.74) is 4.95. The SMILES string of the molecule is CC(C)(C)c1cc(C(C)(C)C)c([PH+]=CBr)c(C(C)(C)C)c1. The van der Waals surface area contributed by atoms with E-state index in [9.17, 15) is 0 Å². The summed E-state index contributed by atoms with van der Waals surface area (Å²) in [4.78, 5) is 0. The zero-order valence-corrected chi connectivity index (χ0v) is 17.7. The Kier molecular flexibility index (Phi) is 5.56. The maximum Gasteiger partial charge on any atom is 0.154 e. The molecule has 0 nitrogen and oxygen atoms in total. The third kappa shape index (κ3) is 4.67. The quantitative estimate of drug-likeness (QED) is 0.529. The highest BCUT2D eigenvalue weighted by Crippen LogP contribution is 2.35. The number of halogens is 1. The summed E-state index contributed by atoms with van der Waals surface area (Å²) in [5, 5.41) is 1.51. The Bertz CT molecular complexity index is 499. The van der Waals surface area contributed by atoms with Crippen LogP contribution in [0.1, 0.15) is 79.0 Å². The minimum atomic E-state index is 0.166. The van der Waals surface area contributed by atoms with Crippen molar-refractivity contribution in [3.63, 3.8) is 0 Å². The molecular weight excluding hydrogens is 339 g/mol. The molecular formula is C19H31BrP+.